The molecule has 2 nitrogen and oxygen atoms in total. The van der Waals surface area contributed by atoms with Crippen molar-refractivity contribution in [2.45, 2.75) is 144 Å². The van der Waals surface area contributed by atoms with Crippen molar-refractivity contribution in [1.82, 2.24) is 0 Å². The third-order valence-electron chi connectivity index (χ3n) is 11.9. The van der Waals surface area contributed by atoms with E-state index < -0.39 is 0 Å². The molecule has 0 unspecified atom stereocenters. The molecule has 34 heavy (non-hydrogen) atoms. The highest BCUT2D eigenvalue weighted by Gasteiger charge is 2.60. The molecular weight excluding hydrogens is 416 g/mol. The molecular formula is C32H56O2. The maximum Gasteiger partial charge on any atom is 0.306 e. The smallest absolute Gasteiger partial charge is 0.306 e. The van der Waals surface area contributed by atoms with Crippen molar-refractivity contribution in [3.63, 3.8) is 0 Å². The van der Waals surface area contributed by atoms with Crippen LogP contribution >= 0.6 is 0 Å². The molecule has 4 saturated carbocycles. The second-order valence-corrected chi connectivity index (χ2v) is 14.2. The molecule has 196 valence electrons. The third-order valence-corrected chi connectivity index (χ3v) is 11.9. The molecule has 4 fully saturated rings. The first-order chi connectivity index (χ1) is 16.2. The van der Waals surface area contributed by atoms with Gasteiger partial charge in [-0.25, -0.2) is 0 Å². The fourth-order valence-electron chi connectivity index (χ4n) is 9.92. The molecule has 9 atom stereocenters. The van der Waals surface area contributed by atoms with Crippen molar-refractivity contribution in [3.8, 4) is 0 Å². The van der Waals surface area contributed by atoms with Crippen LogP contribution in [0.1, 0.15) is 138 Å². The summed E-state index contributed by atoms with van der Waals surface area (Å²) in [7, 11) is 0. The lowest BCUT2D eigenvalue weighted by molar-refractivity contribution is -0.162. The minimum atomic E-state index is 0.0529. The summed E-state index contributed by atoms with van der Waals surface area (Å²) < 4.78 is 5.96. The number of carbonyl (C=O) groups excluding carboxylic acids is 1. The van der Waals surface area contributed by atoms with Crippen molar-refractivity contribution < 1.29 is 9.53 Å². The zero-order chi connectivity index (χ0) is 24.5. The molecule has 0 aromatic carbocycles. The van der Waals surface area contributed by atoms with E-state index in [1.807, 2.05) is 0 Å². The molecule has 4 aliphatic rings. The molecule has 0 spiro atoms. The van der Waals surface area contributed by atoms with Gasteiger partial charge in [-0.05, 0) is 116 Å². The van der Waals surface area contributed by atoms with Crippen LogP contribution < -0.4 is 0 Å². The molecule has 0 aromatic rings. The van der Waals surface area contributed by atoms with Gasteiger partial charge in [-0.2, -0.15) is 0 Å². The van der Waals surface area contributed by atoms with Crippen molar-refractivity contribution in [1.29, 1.82) is 0 Å². The number of ether oxygens (including phenoxy) is 1. The van der Waals surface area contributed by atoms with Gasteiger partial charge in [0.25, 0.3) is 0 Å². The van der Waals surface area contributed by atoms with Crippen LogP contribution in [-0.4, -0.2) is 12.1 Å². The first kappa shape index (κ1) is 26.5. The monoisotopic (exact) mass is 472 g/mol. The molecule has 0 bridgehead atoms. The fraction of sp³-hybridized carbons (Fsp3) is 0.969. The van der Waals surface area contributed by atoms with Gasteiger partial charge in [-0.3, -0.25) is 4.79 Å². The van der Waals surface area contributed by atoms with E-state index in [1.165, 1.54) is 64.2 Å². The predicted molar refractivity (Wildman–Crippen MR) is 142 cm³/mol. The topological polar surface area (TPSA) is 26.3 Å². The normalized spacial score (nSPS) is 42.6. The number of hydrogen-bond acceptors (Lipinski definition) is 2. The van der Waals surface area contributed by atoms with E-state index in [4.69, 9.17) is 4.74 Å². The zero-order valence-electron chi connectivity index (χ0n) is 23.5. The highest BCUT2D eigenvalue weighted by Crippen LogP contribution is 2.68. The van der Waals surface area contributed by atoms with Crippen LogP contribution in [0, 0.1) is 52.3 Å². The molecule has 4 rings (SSSR count). The Morgan fingerprint density at radius 3 is 2.35 bits per heavy atom. The van der Waals surface area contributed by atoms with Gasteiger partial charge in [0.1, 0.15) is 6.10 Å². The van der Waals surface area contributed by atoms with Gasteiger partial charge < -0.3 is 4.74 Å². The van der Waals surface area contributed by atoms with Crippen LogP contribution in [-0.2, 0) is 9.53 Å². The standard InChI is InChI=1S/C32H56O2/c1-7-8-12-30(33)34-25-17-19-31(5)24(21-25)13-14-26-28-16-15-27(23(4)11-9-10-22(2)3)32(28,6)20-18-29(26)31/h22-29H,7-21H2,1-6H3/t23-,24+,25+,26+,27-,28+,29+,31+,32-/m1/s1. The number of esters is 1. The molecule has 0 heterocycles. The number of hydrogen-bond donors (Lipinski definition) is 0. The summed E-state index contributed by atoms with van der Waals surface area (Å²) in [5.41, 5.74) is 1.07. The summed E-state index contributed by atoms with van der Waals surface area (Å²) >= 11 is 0. The van der Waals surface area contributed by atoms with E-state index in [1.54, 1.807) is 0 Å². The molecule has 0 radical (unpaired) electrons. The van der Waals surface area contributed by atoms with E-state index in [9.17, 15) is 4.79 Å². The van der Waals surface area contributed by atoms with Crippen molar-refractivity contribution in [3.05, 3.63) is 0 Å². The Balaban J connectivity index is 1.38. The average Bonchev–Trinajstić information content (AvgIpc) is 3.15. The van der Waals surface area contributed by atoms with Gasteiger partial charge in [0.2, 0.25) is 0 Å². The lowest BCUT2D eigenvalue weighted by Gasteiger charge is -2.61. The zero-order valence-corrected chi connectivity index (χ0v) is 23.5. The highest BCUT2D eigenvalue weighted by atomic mass is 16.5. The number of rotatable bonds is 9. The largest absolute Gasteiger partial charge is 0.462 e. The van der Waals surface area contributed by atoms with E-state index in [0.29, 0.717) is 17.3 Å². The van der Waals surface area contributed by atoms with E-state index in [0.717, 1.165) is 67.1 Å². The maximum atomic E-state index is 12.3. The second-order valence-electron chi connectivity index (χ2n) is 14.2. The quantitative estimate of drug-likeness (QED) is 0.313. The highest BCUT2D eigenvalue weighted by molar-refractivity contribution is 5.69. The van der Waals surface area contributed by atoms with Gasteiger partial charge in [-0.1, -0.05) is 67.2 Å². The number of fused-ring (bicyclic) bond motifs is 5. The average molecular weight is 473 g/mol. The minimum absolute atomic E-state index is 0.0529. The Labute approximate surface area is 211 Å². The summed E-state index contributed by atoms with van der Waals surface area (Å²) in [5.74, 6) is 6.35. The number of carbonyl (C=O) groups is 1. The predicted octanol–water partition coefficient (Wildman–Crippen LogP) is 9.21. The lowest BCUT2D eigenvalue weighted by atomic mass is 9.44. The molecule has 0 N–H and O–H groups in total. The first-order valence-corrected chi connectivity index (χ1v) is 15.4. The van der Waals surface area contributed by atoms with Gasteiger partial charge in [0, 0.05) is 6.42 Å². The van der Waals surface area contributed by atoms with E-state index in [2.05, 4.69) is 41.5 Å². The van der Waals surface area contributed by atoms with Crippen LogP contribution in [0.25, 0.3) is 0 Å². The Bertz CT molecular complexity index is 684. The van der Waals surface area contributed by atoms with Crippen molar-refractivity contribution >= 4 is 5.97 Å². The van der Waals surface area contributed by atoms with Gasteiger partial charge >= 0.3 is 5.97 Å². The van der Waals surface area contributed by atoms with E-state index >= 15 is 0 Å². The maximum absolute atomic E-state index is 12.3. The number of unbranched alkanes of at least 4 members (excludes halogenated alkanes) is 1. The second kappa shape index (κ2) is 10.8. The first-order valence-electron chi connectivity index (χ1n) is 15.4. The summed E-state index contributed by atoms with van der Waals surface area (Å²) in [5, 5.41) is 0. The fourth-order valence-corrected chi connectivity index (χ4v) is 9.92. The molecule has 0 aromatic heterocycles. The van der Waals surface area contributed by atoms with Crippen LogP contribution in [0.15, 0.2) is 0 Å². The van der Waals surface area contributed by atoms with Crippen LogP contribution in [0.3, 0.4) is 0 Å². The Hall–Kier alpha value is -0.530. The van der Waals surface area contributed by atoms with Gasteiger partial charge in [0.05, 0.1) is 0 Å². The summed E-state index contributed by atoms with van der Waals surface area (Å²) in [6.45, 7) is 14.8. The molecule has 0 amide bonds. The molecule has 2 heteroatoms. The minimum Gasteiger partial charge on any atom is -0.462 e. The van der Waals surface area contributed by atoms with Crippen LogP contribution in [0.5, 0.6) is 0 Å². The summed E-state index contributed by atoms with van der Waals surface area (Å²) in [6, 6.07) is 0. The van der Waals surface area contributed by atoms with Crippen molar-refractivity contribution in [2.24, 2.45) is 52.3 Å². The summed E-state index contributed by atoms with van der Waals surface area (Å²) in [4.78, 5) is 12.3. The molecule has 4 aliphatic carbocycles. The summed E-state index contributed by atoms with van der Waals surface area (Å²) in [6.07, 6.45) is 19.3. The van der Waals surface area contributed by atoms with Gasteiger partial charge in [-0.15, -0.1) is 0 Å². The van der Waals surface area contributed by atoms with Crippen molar-refractivity contribution in [2.75, 3.05) is 0 Å². The molecule has 0 saturated heterocycles. The third kappa shape index (κ3) is 5.13. The Kier molecular flexibility index (Phi) is 8.46. The van der Waals surface area contributed by atoms with Crippen LogP contribution in [0.2, 0.25) is 0 Å². The van der Waals surface area contributed by atoms with Gasteiger partial charge in [0.15, 0.2) is 0 Å². The Morgan fingerprint density at radius 2 is 1.62 bits per heavy atom. The Morgan fingerprint density at radius 1 is 0.882 bits per heavy atom. The lowest BCUT2D eigenvalue weighted by Crippen LogP contribution is -2.54. The SMILES string of the molecule is CCCCC(=O)O[C@H]1CC[C@@]2(C)[C@@H](CC[C@@H]3[C@@H]2CC[C@]2(C)[C@@H]([C@H](C)CCCC(C)C)CC[C@@H]32)C1. The van der Waals surface area contributed by atoms with E-state index in [-0.39, 0.29) is 12.1 Å². The molecule has 0 aliphatic heterocycles. The van der Waals surface area contributed by atoms with Crippen LogP contribution in [0.4, 0.5) is 0 Å².